The third kappa shape index (κ3) is 1.12. The van der Waals surface area contributed by atoms with Gasteiger partial charge in [0.15, 0.2) is 0 Å². The summed E-state index contributed by atoms with van der Waals surface area (Å²) < 4.78 is 0. The van der Waals surface area contributed by atoms with E-state index < -0.39 is 0 Å². The monoisotopic (exact) mass is 181 g/mol. The number of hydrogen-bond acceptors (Lipinski definition) is 4. The molecule has 1 aromatic heterocycles. The lowest BCUT2D eigenvalue weighted by Crippen LogP contribution is -2.20. The minimum absolute atomic E-state index is 0.192. The van der Waals surface area contributed by atoms with Crippen molar-refractivity contribution >= 4 is 22.0 Å². The number of thiazole rings is 1. The second-order valence-corrected chi connectivity index (χ2v) is 4.15. The van der Waals surface area contributed by atoms with Gasteiger partial charge < -0.3 is 5.32 Å². The Kier molecular flexibility index (Phi) is 1.65. The van der Waals surface area contributed by atoms with Gasteiger partial charge in [-0.25, -0.2) is 4.98 Å². The van der Waals surface area contributed by atoms with Gasteiger partial charge in [-0.1, -0.05) is 0 Å². The van der Waals surface area contributed by atoms with Crippen LogP contribution >= 0.6 is 11.3 Å². The molecule has 0 spiro atoms. The molecule has 0 bridgehead atoms. The molecule has 1 atom stereocenters. The van der Waals surface area contributed by atoms with E-state index in [0.717, 1.165) is 21.4 Å². The number of anilines is 1. The highest BCUT2D eigenvalue weighted by Gasteiger charge is 2.18. The van der Waals surface area contributed by atoms with Crippen LogP contribution in [0.15, 0.2) is 4.99 Å². The lowest BCUT2D eigenvalue weighted by Gasteiger charge is -2.16. The highest BCUT2D eigenvalue weighted by atomic mass is 32.1. The Morgan fingerprint density at radius 3 is 2.92 bits per heavy atom. The number of aliphatic imine (C=N–C) groups is 1. The van der Waals surface area contributed by atoms with E-state index in [4.69, 9.17) is 0 Å². The van der Waals surface area contributed by atoms with Gasteiger partial charge in [-0.15, -0.1) is 11.3 Å². The molecule has 3 nitrogen and oxygen atoms in total. The van der Waals surface area contributed by atoms with Crippen LogP contribution in [0.2, 0.25) is 0 Å². The minimum Gasteiger partial charge on any atom is -0.354 e. The molecule has 0 saturated heterocycles. The van der Waals surface area contributed by atoms with Gasteiger partial charge in [-0.3, -0.25) is 4.99 Å². The summed E-state index contributed by atoms with van der Waals surface area (Å²) in [7, 11) is 0. The molecule has 0 fully saturated rings. The van der Waals surface area contributed by atoms with Crippen molar-refractivity contribution in [1.82, 2.24) is 4.98 Å². The highest BCUT2D eigenvalue weighted by Crippen LogP contribution is 2.28. The van der Waals surface area contributed by atoms with Crippen LogP contribution in [0.1, 0.15) is 24.5 Å². The number of aromatic nitrogens is 1. The van der Waals surface area contributed by atoms with Gasteiger partial charge in [-0.2, -0.15) is 0 Å². The van der Waals surface area contributed by atoms with Crippen molar-refractivity contribution in [2.75, 3.05) is 5.32 Å². The van der Waals surface area contributed by atoms with E-state index in [0.29, 0.717) is 0 Å². The maximum absolute atomic E-state index is 4.39. The Morgan fingerprint density at radius 2 is 2.17 bits per heavy atom. The molecule has 0 aliphatic carbocycles. The van der Waals surface area contributed by atoms with Crippen molar-refractivity contribution in [2.45, 2.75) is 26.9 Å². The zero-order valence-corrected chi connectivity index (χ0v) is 8.20. The number of rotatable bonds is 0. The number of hydrogen-bond donors (Lipinski definition) is 1. The zero-order chi connectivity index (χ0) is 8.72. The van der Waals surface area contributed by atoms with E-state index in [2.05, 4.69) is 15.3 Å². The van der Waals surface area contributed by atoms with E-state index in [1.54, 1.807) is 11.3 Å². The number of nitrogens with zero attached hydrogens (tertiary/aromatic N) is 2. The van der Waals surface area contributed by atoms with Crippen LogP contribution < -0.4 is 5.32 Å². The summed E-state index contributed by atoms with van der Waals surface area (Å²) in [6.45, 7) is 6.07. The Hall–Kier alpha value is -0.900. The summed E-state index contributed by atoms with van der Waals surface area (Å²) >= 11 is 1.69. The fraction of sp³-hybridized carbons (Fsp3) is 0.500. The lowest BCUT2D eigenvalue weighted by molar-refractivity contribution is 0.843. The number of fused-ring (bicyclic) bond motifs is 1. The summed E-state index contributed by atoms with van der Waals surface area (Å²) in [5.41, 5.74) is 2.07. The maximum Gasteiger partial charge on any atom is 0.120 e. The van der Waals surface area contributed by atoms with Crippen molar-refractivity contribution in [3.63, 3.8) is 0 Å². The van der Waals surface area contributed by atoms with Crippen molar-refractivity contribution in [2.24, 2.45) is 4.99 Å². The first-order valence-electron chi connectivity index (χ1n) is 3.95. The molecule has 1 N–H and O–H groups in total. The third-order valence-corrected chi connectivity index (χ3v) is 2.71. The second kappa shape index (κ2) is 2.55. The van der Waals surface area contributed by atoms with Crippen LogP contribution in [-0.2, 0) is 0 Å². The molecule has 2 rings (SSSR count). The fourth-order valence-corrected chi connectivity index (χ4v) is 2.30. The Balaban J connectivity index is 2.51. The molecule has 0 saturated carbocycles. The molecule has 12 heavy (non-hydrogen) atoms. The van der Waals surface area contributed by atoms with Crippen molar-refractivity contribution in [1.29, 1.82) is 0 Å². The average Bonchev–Trinajstić information content (AvgIpc) is 2.29. The van der Waals surface area contributed by atoms with E-state index in [-0.39, 0.29) is 6.17 Å². The largest absolute Gasteiger partial charge is 0.354 e. The van der Waals surface area contributed by atoms with Gasteiger partial charge >= 0.3 is 0 Å². The molecule has 1 aliphatic rings. The molecule has 1 aromatic rings. The summed E-state index contributed by atoms with van der Waals surface area (Å²) in [6.07, 6.45) is 0.192. The molecule has 0 radical (unpaired) electrons. The molecular formula is C8H11N3S. The first kappa shape index (κ1) is 7.73. The fourth-order valence-electron chi connectivity index (χ4n) is 1.34. The Labute approximate surface area is 75.6 Å². The Morgan fingerprint density at radius 1 is 1.42 bits per heavy atom. The molecule has 0 amide bonds. The van der Waals surface area contributed by atoms with Crippen molar-refractivity contribution in [3.05, 3.63) is 10.7 Å². The first-order chi connectivity index (χ1) is 5.66. The summed E-state index contributed by atoms with van der Waals surface area (Å²) in [5, 5.41) is 5.53. The summed E-state index contributed by atoms with van der Waals surface area (Å²) in [4.78, 5) is 8.78. The van der Waals surface area contributed by atoms with Crippen LogP contribution in [0.3, 0.4) is 0 Å². The van der Waals surface area contributed by atoms with Crippen LogP contribution in [-0.4, -0.2) is 16.9 Å². The van der Waals surface area contributed by atoms with Gasteiger partial charge in [0.2, 0.25) is 0 Å². The number of aryl methyl sites for hydroxylation is 1. The predicted octanol–water partition coefficient (Wildman–Crippen LogP) is 2.03. The van der Waals surface area contributed by atoms with E-state index in [1.807, 2.05) is 20.8 Å². The molecule has 64 valence electrons. The van der Waals surface area contributed by atoms with Crippen LogP contribution in [0.25, 0.3) is 0 Å². The molecule has 0 aromatic carbocycles. The number of nitrogens with one attached hydrogen (secondary N) is 1. The minimum atomic E-state index is 0.192. The van der Waals surface area contributed by atoms with Crippen LogP contribution in [0.4, 0.5) is 5.00 Å². The smallest absolute Gasteiger partial charge is 0.120 e. The zero-order valence-electron chi connectivity index (χ0n) is 7.38. The molecule has 2 heterocycles. The molecule has 1 aliphatic heterocycles. The van der Waals surface area contributed by atoms with Gasteiger partial charge in [0, 0.05) is 0 Å². The standard InChI is InChI=1S/C8H11N3S/c1-4-7-8(10-5(2)9-4)12-6(3)11-7/h5,10H,1-3H3. The van der Waals surface area contributed by atoms with E-state index in [1.165, 1.54) is 0 Å². The predicted molar refractivity (Wildman–Crippen MR) is 52.1 cm³/mol. The molecule has 1 unspecified atom stereocenters. The van der Waals surface area contributed by atoms with Crippen molar-refractivity contribution in [3.8, 4) is 0 Å². The maximum atomic E-state index is 4.39. The topological polar surface area (TPSA) is 37.3 Å². The molecular weight excluding hydrogens is 170 g/mol. The van der Waals surface area contributed by atoms with Gasteiger partial charge in [0.25, 0.3) is 0 Å². The van der Waals surface area contributed by atoms with Crippen LogP contribution in [0.5, 0.6) is 0 Å². The average molecular weight is 181 g/mol. The van der Waals surface area contributed by atoms with Crippen LogP contribution in [0, 0.1) is 6.92 Å². The first-order valence-corrected chi connectivity index (χ1v) is 4.77. The van der Waals surface area contributed by atoms with Gasteiger partial charge in [0.05, 0.1) is 10.7 Å². The SMILES string of the molecule is CC1=NC(C)Nc2sc(C)nc21. The lowest BCUT2D eigenvalue weighted by atomic mass is 10.2. The van der Waals surface area contributed by atoms with Gasteiger partial charge in [-0.05, 0) is 20.8 Å². The second-order valence-electron chi connectivity index (χ2n) is 2.95. The Bertz CT molecular complexity index is 340. The summed E-state index contributed by atoms with van der Waals surface area (Å²) in [6, 6.07) is 0. The quantitative estimate of drug-likeness (QED) is 0.665. The summed E-state index contributed by atoms with van der Waals surface area (Å²) in [5.74, 6) is 0. The van der Waals surface area contributed by atoms with E-state index >= 15 is 0 Å². The highest BCUT2D eigenvalue weighted by molar-refractivity contribution is 7.16. The molecule has 4 heteroatoms. The van der Waals surface area contributed by atoms with E-state index in [9.17, 15) is 0 Å². The normalized spacial score (nSPS) is 21.2. The van der Waals surface area contributed by atoms with Crippen molar-refractivity contribution < 1.29 is 0 Å². The third-order valence-electron chi connectivity index (χ3n) is 1.80. The van der Waals surface area contributed by atoms with Gasteiger partial charge in [0.1, 0.15) is 16.9 Å².